The fourth-order valence-corrected chi connectivity index (χ4v) is 4.67. The monoisotopic (exact) mass is 444 g/mol. The predicted molar refractivity (Wildman–Crippen MR) is 127 cm³/mol. The lowest BCUT2D eigenvalue weighted by Gasteiger charge is -2.21. The number of nitrogen functional groups attached to an aromatic ring is 1. The molecule has 33 heavy (non-hydrogen) atoms. The van der Waals surface area contributed by atoms with E-state index in [-0.39, 0.29) is 6.10 Å². The maximum atomic E-state index is 6.40. The van der Waals surface area contributed by atoms with Gasteiger partial charge in [-0.1, -0.05) is 23.8 Å². The summed E-state index contributed by atoms with van der Waals surface area (Å²) in [6.07, 6.45) is 4.04. The lowest BCUT2D eigenvalue weighted by atomic mass is 9.93. The van der Waals surface area contributed by atoms with E-state index in [1.165, 1.54) is 0 Å². The molecular formula is C25H28N6O2. The van der Waals surface area contributed by atoms with Crippen LogP contribution in [-0.4, -0.2) is 31.7 Å². The Labute approximate surface area is 193 Å². The van der Waals surface area contributed by atoms with Gasteiger partial charge in [-0.3, -0.25) is 4.68 Å². The minimum atomic E-state index is -0.268. The van der Waals surface area contributed by atoms with Crippen molar-refractivity contribution in [3.8, 4) is 34.1 Å². The summed E-state index contributed by atoms with van der Waals surface area (Å²) in [4.78, 5) is 4.44. The van der Waals surface area contributed by atoms with E-state index in [9.17, 15) is 0 Å². The van der Waals surface area contributed by atoms with Crippen LogP contribution in [0, 0.1) is 6.92 Å². The van der Waals surface area contributed by atoms with Gasteiger partial charge in [-0.2, -0.15) is 10.2 Å². The molecule has 4 aromatic rings. The Kier molecular flexibility index (Phi) is 5.08. The van der Waals surface area contributed by atoms with E-state index in [2.05, 4.69) is 42.1 Å². The van der Waals surface area contributed by atoms with Crippen molar-refractivity contribution in [1.29, 1.82) is 0 Å². The largest absolute Gasteiger partial charge is 0.482 e. The summed E-state index contributed by atoms with van der Waals surface area (Å²) >= 11 is 0. The summed E-state index contributed by atoms with van der Waals surface area (Å²) < 4.78 is 16.0. The zero-order chi connectivity index (χ0) is 23.3. The summed E-state index contributed by atoms with van der Waals surface area (Å²) in [7, 11) is 3.59. The number of fused-ring (bicyclic) bond motifs is 7. The Morgan fingerprint density at radius 3 is 2.82 bits per heavy atom. The Hall–Kier alpha value is -3.81. The summed E-state index contributed by atoms with van der Waals surface area (Å²) in [5, 5.41) is 9.51. The number of anilines is 1. The molecule has 0 spiro atoms. The zero-order valence-electron chi connectivity index (χ0n) is 19.6. The van der Waals surface area contributed by atoms with Gasteiger partial charge in [0.05, 0.1) is 19.0 Å². The molecule has 3 aromatic heterocycles. The van der Waals surface area contributed by atoms with Crippen LogP contribution in [0.25, 0.3) is 22.5 Å². The van der Waals surface area contributed by atoms with Crippen LogP contribution in [0.3, 0.4) is 0 Å². The third-order valence-corrected chi connectivity index (χ3v) is 6.22. The second kappa shape index (κ2) is 7.95. The Morgan fingerprint density at radius 2 is 2.06 bits per heavy atom. The van der Waals surface area contributed by atoms with Crippen LogP contribution < -0.4 is 15.2 Å². The van der Waals surface area contributed by atoms with Crippen molar-refractivity contribution in [2.75, 3.05) is 12.8 Å². The number of aromatic nitrogens is 5. The SMILES string of the molecule is CCn1ncc2c1-c1cnc(N)c(c1)O[C@H](C)c1cc(C)ccc1-c1nn(C)c(OC)c1C2. The first kappa shape index (κ1) is 21.1. The number of pyridine rings is 1. The molecule has 1 aromatic carbocycles. The molecule has 170 valence electrons. The van der Waals surface area contributed by atoms with Crippen molar-refractivity contribution in [2.24, 2.45) is 7.05 Å². The van der Waals surface area contributed by atoms with Crippen molar-refractivity contribution < 1.29 is 9.47 Å². The topological polar surface area (TPSA) is 93.0 Å². The number of hydrogen-bond acceptors (Lipinski definition) is 6. The molecule has 8 heteroatoms. The van der Waals surface area contributed by atoms with Gasteiger partial charge in [0, 0.05) is 54.0 Å². The minimum absolute atomic E-state index is 0.268. The Morgan fingerprint density at radius 1 is 1.24 bits per heavy atom. The molecule has 4 heterocycles. The van der Waals surface area contributed by atoms with Gasteiger partial charge >= 0.3 is 0 Å². The van der Waals surface area contributed by atoms with Crippen LogP contribution in [0.1, 0.15) is 42.2 Å². The molecule has 0 saturated carbocycles. The third-order valence-electron chi connectivity index (χ3n) is 6.22. The van der Waals surface area contributed by atoms with E-state index in [1.807, 2.05) is 30.9 Å². The second-order valence-corrected chi connectivity index (χ2v) is 8.43. The first-order chi connectivity index (χ1) is 15.9. The molecule has 0 unspecified atom stereocenters. The fourth-order valence-electron chi connectivity index (χ4n) is 4.67. The molecular weight excluding hydrogens is 416 g/mol. The maximum Gasteiger partial charge on any atom is 0.215 e. The fraction of sp³-hybridized carbons (Fsp3) is 0.320. The van der Waals surface area contributed by atoms with Gasteiger partial charge < -0.3 is 15.2 Å². The highest BCUT2D eigenvalue weighted by Gasteiger charge is 2.27. The van der Waals surface area contributed by atoms with Gasteiger partial charge in [0.2, 0.25) is 5.88 Å². The highest BCUT2D eigenvalue weighted by molar-refractivity contribution is 5.73. The molecule has 0 radical (unpaired) electrons. The quantitative estimate of drug-likeness (QED) is 0.495. The highest BCUT2D eigenvalue weighted by atomic mass is 16.5. The molecule has 0 saturated heterocycles. The van der Waals surface area contributed by atoms with Crippen LogP contribution >= 0.6 is 0 Å². The van der Waals surface area contributed by atoms with Gasteiger partial charge in [-0.25, -0.2) is 9.67 Å². The predicted octanol–water partition coefficient (Wildman–Crippen LogP) is 4.31. The number of rotatable bonds is 2. The number of nitrogens with two attached hydrogens (primary N) is 1. The molecule has 5 rings (SSSR count). The van der Waals surface area contributed by atoms with Crippen LogP contribution in [0.5, 0.6) is 11.6 Å². The van der Waals surface area contributed by atoms with Crippen molar-refractivity contribution in [3.05, 3.63) is 58.9 Å². The highest BCUT2D eigenvalue weighted by Crippen LogP contribution is 2.40. The first-order valence-electron chi connectivity index (χ1n) is 11.1. The molecule has 1 aliphatic heterocycles. The van der Waals surface area contributed by atoms with E-state index in [0.29, 0.717) is 18.0 Å². The van der Waals surface area contributed by atoms with Crippen LogP contribution in [0.2, 0.25) is 0 Å². The number of nitrogens with zero attached hydrogens (tertiary/aromatic N) is 5. The van der Waals surface area contributed by atoms with Gasteiger partial charge in [0.15, 0.2) is 11.6 Å². The molecule has 1 atom stereocenters. The van der Waals surface area contributed by atoms with Crippen LogP contribution in [0.15, 0.2) is 36.7 Å². The van der Waals surface area contributed by atoms with Gasteiger partial charge in [0.25, 0.3) is 0 Å². The Bertz CT molecular complexity index is 1350. The third kappa shape index (κ3) is 3.42. The van der Waals surface area contributed by atoms with Gasteiger partial charge in [-0.15, -0.1) is 0 Å². The van der Waals surface area contributed by atoms with E-state index in [1.54, 1.807) is 18.0 Å². The van der Waals surface area contributed by atoms with Crippen LogP contribution in [-0.2, 0) is 20.0 Å². The normalized spacial score (nSPS) is 14.9. The maximum absolute atomic E-state index is 6.40. The first-order valence-corrected chi connectivity index (χ1v) is 11.1. The zero-order valence-corrected chi connectivity index (χ0v) is 19.6. The Balaban J connectivity index is 1.85. The minimum Gasteiger partial charge on any atom is -0.482 e. The van der Waals surface area contributed by atoms with E-state index < -0.39 is 0 Å². The molecule has 2 bridgehead atoms. The molecule has 0 aliphatic carbocycles. The molecule has 0 amide bonds. The number of aryl methyl sites for hydroxylation is 3. The lowest BCUT2D eigenvalue weighted by Crippen LogP contribution is -2.10. The van der Waals surface area contributed by atoms with Crippen molar-refractivity contribution >= 4 is 5.82 Å². The molecule has 0 fully saturated rings. The summed E-state index contributed by atoms with van der Waals surface area (Å²) in [5.41, 5.74) is 14.3. The van der Waals surface area contributed by atoms with Crippen molar-refractivity contribution in [1.82, 2.24) is 24.5 Å². The number of ether oxygens (including phenoxy) is 2. The van der Waals surface area contributed by atoms with E-state index >= 15 is 0 Å². The standard InChI is InChI=1S/C25H28N6O2/c1-6-31-23-16(13-28-31)10-20-22(29-30(4)25(20)32-5)18-8-7-14(2)9-19(18)15(3)33-21-11-17(23)12-27-24(21)26/h7-9,11-13,15H,6,10H2,1-5H3,(H2,26,27)/t15-/m1/s1. The molecule has 1 aliphatic rings. The van der Waals surface area contributed by atoms with Crippen molar-refractivity contribution in [2.45, 2.75) is 39.8 Å². The van der Waals surface area contributed by atoms with E-state index in [4.69, 9.17) is 20.3 Å². The number of methoxy groups -OCH3 is 1. The average Bonchev–Trinajstić information content (AvgIpc) is 3.34. The number of hydrogen-bond donors (Lipinski definition) is 1. The van der Waals surface area contributed by atoms with Crippen molar-refractivity contribution in [3.63, 3.8) is 0 Å². The molecule has 8 nitrogen and oxygen atoms in total. The lowest BCUT2D eigenvalue weighted by molar-refractivity contribution is 0.228. The second-order valence-electron chi connectivity index (χ2n) is 8.43. The number of benzene rings is 1. The molecule has 2 N–H and O–H groups in total. The summed E-state index contributed by atoms with van der Waals surface area (Å²) in [5.74, 6) is 1.65. The van der Waals surface area contributed by atoms with Gasteiger partial charge in [0.1, 0.15) is 11.8 Å². The van der Waals surface area contributed by atoms with Gasteiger partial charge in [-0.05, 0) is 26.8 Å². The summed E-state index contributed by atoms with van der Waals surface area (Å²) in [6, 6.07) is 8.31. The average molecular weight is 445 g/mol. The van der Waals surface area contributed by atoms with E-state index in [0.717, 1.165) is 57.2 Å². The smallest absolute Gasteiger partial charge is 0.215 e. The summed E-state index contributed by atoms with van der Waals surface area (Å²) in [6.45, 7) is 6.90. The van der Waals surface area contributed by atoms with Crippen LogP contribution in [0.4, 0.5) is 5.82 Å².